The number of hydrogen-bond acceptors (Lipinski definition) is 1. The molecule has 0 aliphatic rings. The van der Waals surface area contributed by atoms with Crippen molar-refractivity contribution in [2.45, 2.75) is 448 Å². The summed E-state index contributed by atoms with van der Waals surface area (Å²) in [7, 11) is 0. The predicted molar refractivity (Wildman–Crippen MR) is 509 cm³/mol. The van der Waals surface area contributed by atoms with Crippen molar-refractivity contribution < 1.29 is 5.11 Å². The number of hydrogen-bond donors (Lipinski definition) is 1. The molecule has 0 aromatic carbocycles. The van der Waals surface area contributed by atoms with Gasteiger partial charge in [-0.3, -0.25) is 0 Å². The van der Waals surface area contributed by atoms with E-state index >= 15 is 0 Å². The van der Waals surface area contributed by atoms with Crippen LogP contribution in [0.25, 0.3) is 0 Å². The molecule has 0 heterocycles. The molecule has 2 atom stereocenters. The average molecular weight is 1520 g/mol. The first-order valence-corrected chi connectivity index (χ1v) is 46.1. The zero-order valence-corrected chi connectivity index (χ0v) is 78.2. The standard InChI is InChI=1S/C110H184O/c1-89(2)45-24-46-90(3)47-25-48-91(4)49-26-50-92(5)51-27-52-93(6)53-28-54-94(7)55-29-56-95(8)57-30-58-96(9)59-31-60-97(10)61-32-62-98(11)63-33-64-99(12)65-34-66-100(13)67-35-68-101(14)69-36-70-102(15)71-37-72-103(16)73-38-74-104(17)75-39-76-105(18)77-40-78-106(19)79-41-80-107(20)81-42-82-108(21)83-43-84-109(22)85-44-86-110(23)87-88-111/h49,51,53,55,57,59,61,63,65,67,69,71,73,75,77,79,81,83,85,89-90,110-111H,24-48,50,52,54,56,58,60,62,64,66,68,70,72,74,76,78,80,82,84,86-88H2,1-23H3/b91-49+,92-51+,93-53+,94-55+,95-57+,96-59+,97-61+,98-63+,99-65+,100-67+,101-69+,102-71+,103-73+,104-75+,105-77+,106-79+,107-81+,108-83+,109-85+/t90-,110-/m0/s1. The van der Waals surface area contributed by atoms with Crippen molar-refractivity contribution in [2.75, 3.05) is 6.61 Å². The molecule has 0 aromatic rings. The molecule has 0 radical (unpaired) electrons. The summed E-state index contributed by atoms with van der Waals surface area (Å²) in [5.41, 5.74) is 29.1. The van der Waals surface area contributed by atoms with E-state index in [9.17, 15) is 0 Å². The van der Waals surface area contributed by atoms with E-state index < -0.39 is 0 Å². The molecule has 0 aliphatic carbocycles. The molecule has 0 aromatic heterocycles. The Balaban J connectivity index is 4.35. The van der Waals surface area contributed by atoms with Crippen LogP contribution in [0.3, 0.4) is 0 Å². The molecule has 630 valence electrons. The zero-order valence-electron chi connectivity index (χ0n) is 78.2. The molecule has 0 amide bonds. The summed E-state index contributed by atoms with van der Waals surface area (Å²) in [6.07, 6.45) is 100. The summed E-state index contributed by atoms with van der Waals surface area (Å²) in [5, 5.41) is 9.12. The molecule has 0 aliphatic heterocycles. The molecule has 0 spiro atoms. The third-order valence-electron chi connectivity index (χ3n) is 23.1. The molecule has 0 bridgehead atoms. The summed E-state index contributed by atoms with van der Waals surface area (Å²) in [4.78, 5) is 0. The smallest absolute Gasteiger partial charge is 0.0433 e. The quantitative estimate of drug-likeness (QED) is 0.0602. The van der Waals surface area contributed by atoms with Crippen molar-refractivity contribution in [3.63, 3.8) is 0 Å². The van der Waals surface area contributed by atoms with Crippen LogP contribution in [-0.4, -0.2) is 11.7 Å². The average Bonchev–Trinajstić information content (AvgIpc) is 1.08. The van der Waals surface area contributed by atoms with Crippen LogP contribution in [0.1, 0.15) is 448 Å². The Morgan fingerprint density at radius 3 is 0.450 bits per heavy atom. The van der Waals surface area contributed by atoms with Crippen molar-refractivity contribution >= 4 is 0 Å². The third-order valence-corrected chi connectivity index (χ3v) is 23.1. The van der Waals surface area contributed by atoms with Crippen LogP contribution < -0.4 is 0 Å². The Labute approximate surface area is 694 Å². The van der Waals surface area contributed by atoms with Gasteiger partial charge in [0.2, 0.25) is 0 Å². The summed E-state index contributed by atoms with van der Waals surface area (Å²) in [6.45, 7) is 53.8. The fraction of sp³-hybridized carbons (Fsp3) is 0.655. The van der Waals surface area contributed by atoms with Gasteiger partial charge in [0.15, 0.2) is 0 Å². The van der Waals surface area contributed by atoms with Crippen molar-refractivity contribution in [3.05, 3.63) is 221 Å². The lowest BCUT2D eigenvalue weighted by Gasteiger charge is -2.12. The van der Waals surface area contributed by atoms with E-state index in [0.29, 0.717) is 12.5 Å². The van der Waals surface area contributed by atoms with Gasteiger partial charge in [-0.05, 0) is 413 Å². The van der Waals surface area contributed by atoms with E-state index in [2.05, 4.69) is 275 Å². The Morgan fingerprint density at radius 1 is 0.162 bits per heavy atom. The molecular weight excluding hydrogens is 1340 g/mol. The highest BCUT2D eigenvalue weighted by molar-refractivity contribution is 5.16. The van der Waals surface area contributed by atoms with Crippen LogP contribution in [0.2, 0.25) is 0 Å². The third kappa shape index (κ3) is 72.5. The molecule has 0 saturated heterocycles. The van der Waals surface area contributed by atoms with E-state index in [1.54, 1.807) is 16.7 Å². The Morgan fingerprint density at radius 2 is 0.297 bits per heavy atom. The topological polar surface area (TPSA) is 20.2 Å². The van der Waals surface area contributed by atoms with Gasteiger partial charge < -0.3 is 5.11 Å². The number of aliphatic hydroxyl groups excluding tert-OH is 1. The Hall–Kier alpha value is -4.98. The maximum absolute atomic E-state index is 9.12. The normalized spacial score (nSPS) is 15.7. The maximum atomic E-state index is 9.12. The van der Waals surface area contributed by atoms with Crippen LogP contribution in [0.5, 0.6) is 0 Å². The summed E-state index contributed by atoms with van der Waals surface area (Å²) in [6, 6.07) is 0. The van der Waals surface area contributed by atoms with Gasteiger partial charge in [-0.1, -0.05) is 275 Å². The summed E-state index contributed by atoms with van der Waals surface area (Å²) < 4.78 is 0. The van der Waals surface area contributed by atoms with Crippen molar-refractivity contribution in [2.24, 2.45) is 17.8 Å². The molecular formula is C110H184O. The summed E-state index contributed by atoms with van der Waals surface area (Å²) >= 11 is 0. The van der Waals surface area contributed by atoms with E-state index in [1.165, 1.54) is 250 Å². The van der Waals surface area contributed by atoms with Crippen LogP contribution in [-0.2, 0) is 0 Å². The van der Waals surface area contributed by atoms with Crippen molar-refractivity contribution in [1.29, 1.82) is 0 Å². The van der Waals surface area contributed by atoms with E-state index in [1.807, 2.05) is 0 Å². The number of aliphatic hydroxyl groups is 1. The number of allylic oxidation sites excluding steroid dienone is 38. The number of rotatable bonds is 67. The highest BCUT2D eigenvalue weighted by atomic mass is 16.3. The monoisotopic (exact) mass is 1520 g/mol. The van der Waals surface area contributed by atoms with Gasteiger partial charge in [0.05, 0.1) is 0 Å². The SMILES string of the molecule is C/C(=C\CC/C(C)=C/CC/C(C)=C/CC/C(C)=C/CC/C(C)=C/CC/C(C)=C/CC/C(C)=C/CC/C(C)=C/CC/C(C)=C/CC/C(C)=C/CC[C@H](C)CCO)CC/C=C(\C)CC/C=C(\C)CC/C=C(\C)CC/C=C(\C)CC/C=C(\C)CC/C=C(\C)CC/C=C(\C)CC/C=C(\C)CC/C=C(\C)CCC[C@@H](C)CCCC(C)C. The lowest BCUT2D eigenvalue weighted by Crippen LogP contribution is -1.97. The van der Waals surface area contributed by atoms with Gasteiger partial charge in [0, 0.05) is 6.61 Å². The first-order chi connectivity index (χ1) is 53.0. The van der Waals surface area contributed by atoms with Crippen LogP contribution >= 0.6 is 0 Å². The molecule has 1 heteroatoms. The minimum atomic E-state index is 0.308. The second-order valence-electron chi connectivity index (χ2n) is 36.2. The summed E-state index contributed by atoms with van der Waals surface area (Å²) in [5.74, 6) is 2.33. The Kier molecular flexibility index (Phi) is 68.3. The first-order valence-electron chi connectivity index (χ1n) is 46.1. The van der Waals surface area contributed by atoms with Gasteiger partial charge in [0.1, 0.15) is 0 Å². The van der Waals surface area contributed by atoms with Gasteiger partial charge in [-0.15, -0.1) is 0 Å². The van der Waals surface area contributed by atoms with Gasteiger partial charge in [-0.2, -0.15) is 0 Å². The molecule has 0 rings (SSSR count). The van der Waals surface area contributed by atoms with Gasteiger partial charge in [-0.25, -0.2) is 0 Å². The molecule has 111 heavy (non-hydrogen) atoms. The first kappa shape index (κ1) is 106. The molecule has 1 N–H and O–H groups in total. The second kappa shape index (κ2) is 71.6. The van der Waals surface area contributed by atoms with Crippen LogP contribution in [0, 0.1) is 17.8 Å². The molecule has 0 unspecified atom stereocenters. The lowest BCUT2D eigenvalue weighted by molar-refractivity contribution is 0.259. The van der Waals surface area contributed by atoms with Gasteiger partial charge >= 0.3 is 0 Å². The Bertz CT molecular complexity index is 3080. The predicted octanol–water partition coefficient (Wildman–Crippen LogP) is 37.4. The molecule has 1 nitrogen and oxygen atoms in total. The van der Waals surface area contributed by atoms with Crippen molar-refractivity contribution in [1.82, 2.24) is 0 Å². The van der Waals surface area contributed by atoms with E-state index in [4.69, 9.17) is 5.11 Å². The molecule has 0 fully saturated rings. The van der Waals surface area contributed by atoms with E-state index in [-0.39, 0.29) is 0 Å². The van der Waals surface area contributed by atoms with Gasteiger partial charge in [0.25, 0.3) is 0 Å². The highest BCUT2D eigenvalue weighted by Crippen LogP contribution is 2.25. The fourth-order valence-electron chi connectivity index (χ4n) is 14.5. The lowest BCUT2D eigenvalue weighted by atomic mass is 9.94. The fourth-order valence-corrected chi connectivity index (χ4v) is 14.5. The van der Waals surface area contributed by atoms with Crippen LogP contribution in [0.15, 0.2) is 221 Å². The highest BCUT2D eigenvalue weighted by Gasteiger charge is 2.07. The minimum absolute atomic E-state index is 0.308. The zero-order chi connectivity index (χ0) is 82.7. The van der Waals surface area contributed by atoms with E-state index in [0.717, 1.165) is 140 Å². The maximum Gasteiger partial charge on any atom is 0.0433 e. The van der Waals surface area contributed by atoms with Crippen LogP contribution in [0.4, 0.5) is 0 Å². The van der Waals surface area contributed by atoms with Crippen molar-refractivity contribution in [3.8, 4) is 0 Å². The molecule has 0 saturated carbocycles. The minimum Gasteiger partial charge on any atom is -0.396 e. The largest absolute Gasteiger partial charge is 0.396 e. The second-order valence-corrected chi connectivity index (χ2v) is 36.2.